The van der Waals surface area contributed by atoms with Crippen LogP contribution < -0.4 is 5.73 Å². The summed E-state index contributed by atoms with van der Waals surface area (Å²) in [6, 6.07) is 2.28. The molecule has 0 saturated carbocycles. The van der Waals surface area contributed by atoms with Crippen LogP contribution >= 0.6 is 11.8 Å². The number of nitrogens with two attached hydrogens (primary N) is 1. The topological polar surface area (TPSA) is 150 Å². The molecule has 0 bridgehead atoms. The van der Waals surface area contributed by atoms with Gasteiger partial charge in [-0.25, -0.2) is 0 Å². The van der Waals surface area contributed by atoms with Crippen molar-refractivity contribution in [1.29, 1.82) is 0 Å². The van der Waals surface area contributed by atoms with E-state index in [1.54, 1.807) is 0 Å². The number of carboxylic acid groups (broad SMARTS) is 1. The predicted molar refractivity (Wildman–Crippen MR) is 71.5 cm³/mol. The lowest BCUT2D eigenvalue weighted by molar-refractivity contribution is -0.394. The molecule has 1 atom stereocenters. The van der Waals surface area contributed by atoms with Gasteiger partial charge in [0.25, 0.3) is 11.4 Å². The Morgan fingerprint density at radius 1 is 1.35 bits per heavy atom. The first kappa shape index (κ1) is 15.9. The Labute approximate surface area is 117 Å². The van der Waals surface area contributed by atoms with Crippen molar-refractivity contribution in [3.05, 3.63) is 44.0 Å². The summed E-state index contributed by atoms with van der Waals surface area (Å²) in [5.41, 5.74) is 4.85. The molecule has 20 heavy (non-hydrogen) atoms. The Balaban J connectivity index is 2.82. The second kappa shape index (κ2) is 6.82. The van der Waals surface area contributed by atoms with Crippen LogP contribution in [0.5, 0.6) is 0 Å². The number of hydrogen-bond acceptors (Lipinski definition) is 7. The molecule has 0 aliphatic rings. The van der Waals surface area contributed by atoms with Crippen molar-refractivity contribution >= 4 is 29.1 Å². The third kappa shape index (κ3) is 4.17. The van der Waals surface area contributed by atoms with E-state index < -0.39 is 21.9 Å². The average molecular weight is 301 g/mol. The number of non-ortho nitro benzene ring substituents is 1. The molecule has 1 aromatic rings. The molecule has 0 amide bonds. The van der Waals surface area contributed by atoms with Crippen LogP contribution in [0.25, 0.3) is 0 Å². The van der Waals surface area contributed by atoms with Crippen LogP contribution in [-0.4, -0.2) is 32.7 Å². The second-order valence-corrected chi connectivity index (χ2v) is 4.82. The van der Waals surface area contributed by atoms with Gasteiger partial charge in [0.15, 0.2) is 0 Å². The zero-order valence-electron chi connectivity index (χ0n) is 10.1. The zero-order valence-corrected chi connectivity index (χ0v) is 10.9. The lowest BCUT2D eigenvalue weighted by atomic mass is 10.2. The summed E-state index contributed by atoms with van der Waals surface area (Å²) >= 11 is 1.11. The molecule has 1 aromatic carbocycles. The van der Waals surface area contributed by atoms with Gasteiger partial charge in [-0.2, -0.15) is 11.8 Å². The fraction of sp³-hybridized carbons (Fsp3) is 0.300. The van der Waals surface area contributed by atoms with Crippen molar-refractivity contribution in [3.63, 3.8) is 0 Å². The fourth-order valence-corrected chi connectivity index (χ4v) is 2.30. The fourth-order valence-electron chi connectivity index (χ4n) is 1.32. The van der Waals surface area contributed by atoms with E-state index in [4.69, 9.17) is 10.8 Å². The zero-order chi connectivity index (χ0) is 15.3. The third-order valence-corrected chi connectivity index (χ3v) is 3.46. The Kier molecular flexibility index (Phi) is 5.41. The molecule has 0 spiro atoms. The molecule has 3 N–H and O–H groups in total. The molecule has 0 radical (unpaired) electrons. The van der Waals surface area contributed by atoms with Crippen molar-refractivity contribution in [3.8, 4) is 0 Å². The van der Waals surface area contributed by atoms with Gasteiger partial charge < -0.3 is 10.8 Å². The minimum Gasteiger partial charge on any atom is -0.480 e. The lowest BCUT2D eigenvalue weighted by Gasteiger charge is -2.06. The monoisotopic (exact) mass is 301 g/mol. The van der Waals surface area contributed by atoms with Crippen molar-refractivity contribution in [2.75, 3.05) is 5.75 Å². The highest BCUT2D eigenvalue weighted by Gasteiger charge is 2.20. The van der Waals surface area contributed by atoms with Crippen LogP contribution in [0.15, 0.2) is 18.2 Å². The van der Waals surface area contributed by atoms with Crippen LogP contribution in [-0.2, 0) is 10.5 Å². The van der Waals surface area contributed by atoms with Gasteiger partial charge in [0.1, 0.15) is 6.04 Å². The number of hydrogen-bond donors (Lipinski definition) is 2. The van der Waals surface area contributed by atoms with Crippen LogP contribution in [0.1, 0.15) is 5.56 Å². The van der Waals surface area contributed by atoms with Crippen molar-refractivity contribution < 1.29 is 19.7 Å². The van der Waals surface area contributed by atoms with Crippen molar-refractivity contribution in [2.24, 2.45) is 5.73 Å². The summed E-state index contributed by atoms with van der Waals surface area (Å²) in [7, 11) is 0. The van der Waals surface area contributed by atoms with E-state index in [0.717, 1.165) is 17.8 Å². The molecule has 9 nitrogen and oxygen atoms in total. The van der Waals surface area contributed by atoms with Crippen LogP contribution in [0, 0.1) is 20.2 Å². The van der Waals surface area contributed by atoms with E-state index in [0.29, 0.717) is 0 Å². The summed E-state index contributed by atoms with van der Waals surface area (Å²) in [6.45, 7) is 0. The number of nitro benzene ring substituents is 2. The molecule has 108 valence electrons. The maximum absolute atomic E-state index is 10.9. The van der Waals surface area contributed by atoms with Gasteiger partial charge in [-0.3, -0.25) is 25.0 Å². The maximum Gasteiger partial charge on any atom is 0.321 e. The summed E-state index contributed by atoms with van der Waals surface area (Å²) in [6.07, 6.45) is 0. The molecule has 0 aromatic heterocycles. The van der Waals surface area contributed by atoms with Gasteiger partial charge in [0.05, 0.1) is 15.9 Å². The van der Waals surface area contributed by atoms with Crippen LogP contribution in [0.4, 0.5) is 11.4 Å². The first-order chi connectivity index (χ1) is 9.32. The second-order valence-electron chi connectivity index (χ2n) is 3.79. The highest BCUT2D eigenvalue weighted by atomic mass is 32.2. The Morgan fingerprint density at radius 2 is 2.00 bits per heavy atom. The highest BCUT2D eigenvalue weighted by molar-refractivity contribution is 7.98. The number of aliphatic carboxylic acids is 1. The Morgan fingerprint density at radius 3 is 2.50 bits per heavy atom. The minimum absolute atomic E-state index is 0.0868. The van der Waals surface area contributed by atoms with E-state index in [1.165, 1.54) is 12.1 Å². The summed E-state index contributed by atoms with van der Waals surface area (Å²) in [5, 5.41) is 30.0. The van der Waals surface area contributed by atoms with Gasteiger partial charge >= 0.3 is 5.97 Å². The van der Waals surface area contributed by atoms with Crippen molar-refractivity contribution in [2.45, 2.75) is 11.8 Å². The normalized spacial score (nSPS) is 11.8. The molecule has 0 heterocycles. The molecule has 10 heteroatoms. The molecular weight excluding hydrogens is 290 g/mol. The van der Waals surface area contributed by atoms with Gasteiger partial charge in [-0.1, -0.05) is 0 Å². The number of nitro groups is 2. The predicted octanol–water partition coefficient (Wildman–Crippen LogP) is 1.15. The Hall–Kier alpha value is -2.20. The van der Waals surface area contributed by atoms with Crippen molar-refractivity contribution in [1.82, 2.24) is 0 Å². The molecule has 0 saturated heterocycles. The van der Waals surface area contributed by atoms with Gasteiger partial charge in [0, 0.05) is 23.1 Å². The van der Waals surface area contributed by atoms with Crippen LogP contribution in [0.3, 0.4) is 0 Å². The maximum atomic E-state index is 10.9. The molecule has 0 fully saturated rings. The largest absolute Gasteiger partial charge is 0.480 e. The number of carboxylic acids is 1. The quantitative estimate of drug-likeness (QED) is 0.562. The molecule has 0 aliphatic heterocycles. The summed E-state index contributed by atoms with van der Waals surface area (Å²) < 4.78 is 0. The third-order valence-electron chi connectivity index (χ3n) is 2.35. The SMILES string of the molecule is N[C@H](CSCc1ccc([N+](=O)[O-])cc1[N+](=O)[O-])C(=O)O. The Bertz CT molecular complexity index is 550. The number of carbonyl (C=O) groups is 1. The van der Waals surface area contributed by atoms with Gasteiger partial charge in [-0.15, -0.1) is 0 Å². The summed E-state index contributed by atoms with van der Waals surface area (Å²) in [4.78, 5) is 30.5. The van der Waals surface area contributed by atoms with E-state index in [2.05, 4.69) is 0 Å². The van der Waals surface area contributed by atoms with E-state index in [9.17, 15) is 25.0 Å². The summed E-state index contributed by atoms with van der Waals surface area (Å²) in [5.74, 6) is -0.922. The number of nitrogens with zero attached hydrogens (tertiary/aromatic N) is 2. The van der Waals surface area contributed by atoms with E-state index in [-0.39, 0.29) is 28.4 Å². The minimum atomic E-state index is -1.16. The van der Waals surface area contributed by atoms with Gasteiger partial charge in [0.2, 0.25) is 0 Å². The van der Waals surface area contributed by atoms with Crippen LogP contribution in [0.2, 0.25) is 0 Å². The van der Waals surface area contributed by atoms with E-state index >= 15 is 0 Å². The molecule has 0 unspecified atom stereocenters. The van der Waals surface area contributed by atoms with E-state index in [1.807, 2.05) is 0 Å². The average Bonchev–Trinajstić information content (AvgIpc) is 2.38. The van der Waals surface area contributed by atoms with Gasteiger partial charge in [-0.05, 0) is 6.07 Å². The first-order valence-corrected chi connectivity index (χ1v) is 6.46. The molecular formula is C10H11N3O6S. The first-order valence-electron chi connectivity index (χ1n) is 5.30. The number of rotatable bonds is 7. The molecule has 0 aliphatic carbocycles. The molecule has 1 rings (SSSR count). The number of thioether (sulfide) groups is 1. The smallest absolute Gasteiger partial charge is 0.321 e. The lowest BCUT2D eigenvalue weighted by Crippen LogP contribution is -2.32. The standard InChI is InChI=1S/C10H11N3O6S/c11-8(10(14)15)5-20-4-6-1-2-7(12(16)17)3-9(6)13(18)19/h1-3,8H,4-5,11H2,(H,14,15)/t8-/m1/s1. The highest BCUT2D eigenvalue weighted by Crippen LogP contribution is 2.27. The number of benzene rings is 1.